The quantitative estimate of drug-likeness (QED) is 0.679. The number of halogens is 1. The van der Waals surface area contributed by atoms with Crippen LogP contribution in [0.2, 0.25) is 0 Å². The molecule has 96 valence electrons. The summed E-state index contributed by atoms with van der Waals surface area (Å²) in [5, 5.41) is 0. The van der Waals surface area contributed by atoms with Gasteiger partial charge in [0, 0.05) is 17.2 Å². The number of rotatable bonds is 1. The van der Waals surface area contributed by atoms with Crippen molar-refractivity contribution >= 4 is 11.4 Å². The standard InChI is InChI=1S/C17H17FN/c1-17(2)14-6-4-5-7-15(14)19(3)16(17)12-8-10-13(18)11-9-12/h4-11H,1-3H3/q+1. The second kappa shape index (κ2) is 4.02. The fourth-order valence-electron chi connectivity index (χ4n) is 3.12. The monoisotopic (exact) mass is 254 g/mol. The molecule has 0 amide bonds. The molecule has 0 radical (unpaired) electrons. The van der Waals surface area contributed by atoms with Crippen molar-refractivity contribution in [3.8, 4) is 0 Å². The number of hydrogen-bond acceptors (Lipinski definition) is 0. The lowest BCUT2D eigenvalue weighted by Crippen LogP contribution is -2.29. The molecule has 1 nitrogen and oxygen atoms in total. The molecule has 1 aliphatic heterocycles. The van der Waals surface area contributed by atoms with Gasteiger partial charge in [0.25, 0.3) is 0 Å². The second-order valence-electron chi connectivity index (χ2n) is 5.56. The Hall–Kier alpha value is -1.96. The predicted octanol–water partition coefficient (Wildman–Crippen LogP) is 3.88. The van der Waals surface area contributed by atoms with Gasteiger partial charge in [0.1, 0.15) is 12.9 Å². The van der Waals surface area contributed by atoms with Crippen LogP contribution in [-0.4, -0.2) is 17.3 Å². The van der Waals surface area contributed by atoms with Gasteiger partial charge in [0.15, 0.2) is 5.71 Å². The van der Waals surface area contributed by atoms with Gasteiger partial charge in [0.2, 0.25) is 5.69 Å². The molecular weight excluding hydrogens is 237 g/mol. The third-order valence-electron chi connectivity index (χ3n) is 3.98. The van der Waals surface area contributed by atoms with E-state index in [9.17, 15) is 4.39 Å². The molecule has 2 heteroatoms. The molecular formula is C17H17FN+. The second-order valence-corrected chi connectivity index (χ2v) is 5.56. The lowest BCUT2D eigenvalue weighted by molar-refractivity contribution is -0.401. The van der Waals surface area contributed by atoms with E-state index >= 15 is 0 Å². The average molecular weight is 254 g/mol. The number of benzene rings is 2. The molecule has 0 saturated carbocycles. The van der Waals surface area contributed by atoms with E-state index in [1.807, 2.05) is 12.1 Å². The maximum Gasteiger partial charge on any atom is 0.209 e. The summed E-state index contributed by atoms with van der Waals surface area (Å²) >= 11 is 0. The highest BCUT2D eigenvalue weighted by Crippen LogP contribution is 2.40. The van der Waals surface area contributed by atoms with Crippen LogP contribution in [0.15, 0.2) is 48.5 Å². The van der Waals surface area contributed by atoms with Gasteiger partial charge in [-0.25, -0.2) is 4.39 Å². The lowest BCUT2D eigenvalue weighted by Gasteiger charge is -2.17. The van der Waals surface area contributed by atoms with E-state index in [1.165, 1.54) is 29.1 Å². The molecule has 0 aromatic heterocycles. The Labute approximate surface area is 113 Å². The summed E-state index contributed by atoms with van der Waals surface area (Å²) in [6, 6.07) is 15.2. The van der Waals surface area contributed by atoms with Crippen molar-refractivity contribution in [2.75, 3.05) is 7.05 Å². The van der Waals surface area contributed by atoms with Crippen molar-refractivity contribution in [1.29, 1.82) is 0 Å². The van der Waals surface area contributed by atoms with Gasteiger partial charge in [-0.1, -0.05) is 18.2 Å². The third kappa shape index (κ3) is 1.71. The summed E-state index contributed by atoms with van der Waals surface area (Å²) in [7, 11) is 2.08. The zero-order valence-corrected chi connectivity index (χ0v) is 11.4. The first-order chi connectivity index (χ1) is 9.01. The Kier molecular flexibility index (Phi) is 2.56. The van der Waals surface area contributed by atoms with Crippen LogP contribution in [0.4, 0.5) is 10.1 Å². The molecule has 0 fully saturated rings. The molecule has 1 aliphatic rings. The van der Waals surface area contributed by atoms with Crippen LogP contribution in [0.25, 0.3) is 0 Å². The summed E-state index contributed by atoms with van der Waals surface area (Å²) in [5.74, 6) is -0.194. The molecule has 0 unspecified atom stereocenters. The Balaban J connectivity index is 2.23. The normalized spacial score (nSPS) is 16.6. The van der Waals surface area contributed by atoms with E-state index in [0.717, 1.165) is 5.56 Å². The Bertz CT molecular complexity index is 666. The van der Waals surface area contributed by atoms with Crippen molar-refractivity contribution in [2.45, 2.75) is 19.3 Å². The number of hydrogen-bond donors (Lipinski definition) is 0. The fourth-order valence-corrected chi connectivity index (χ4v) is 3.12. The number of nitrogens with zero attached hydrogens (tertiary/aromatic N) is 1. The van der Waals surface area contributed by atoms with Crippen LogP contribution in [-0.2, 0) is 5.41 Å². The van der Waals surface area contributed by atoms with Crippen LogP contribution in [0, 0.1) is 5.82 Å². The third-order valence-corrected chi connectivity index (χ3v) is 3.98. The summed E-state index contributed by atoms with van der Waals surface area (Å²) in [4.78, 5) is 0. The first-order valence-corrected chi connectivity index (χ1v) is 6.48. The topological polar surface area (TPSA) is 3.01 Å². The van der Waals surface area contributed by atoms with Crippen LogP contribution >= 0.6 is 0 Å². The molecule has 0 bridgehead atoms. The van der Waals surface area contributed by atoms with Gasteiger partial charge in [0.05, 0.1) is 5.41 Å². The van der Waals surface area contributed by atoms with E-state index in [-0.39, 0.29) is 11.2 Å². The zero-order valence-electron chi connectivity index (χ0n) is 11.4. The largest absolute Gasteiger partial charge is 0.209 e. The maximum absolute atomic E-state index is 13.1. The summed E-state index contributed by atoms with van der Waals surface area (Å²) in [6.45, 7) is 4.43. The molecule has 0 atom stereocenters. The highest BCUT2D eigenvalue weighted by molar-refractivity contribution is 6.07. The Morgan fingerprint density at radius 2 is 1.58 bits per heavy atom. The van der Waals surface area contributed by atoms with Crippen molar-refractivity contribution in [3.05, 3.63) is 65.5 Å². The van der Waals surface area contributed by atoms with Crippen molar-refractivity contribution < 1.29 is 8.97 Å². The molecule has 0 aliphatic carbocycles. The summed E-state index contributed by atoms with van der Waals surface area (Å²) in [6.07, 6.45) is 0. The highest BCUT2D eigenvalue weighted by atomic mass is 19.1. The molecule has 3 rings (SSSR count). The van der Waals surface area contributed by atoms with E-state index in [1.54, 1.807) is 0 Å². The van der Waals surface area contributed by atoms with Gasteiger partial charge < -0.3 is 0 Å². The summed E-state index contributed by atoms with van der Waals surface area (Å²) < 4.78 is 15.3. The lowest BCUT2D eigenvalue weighted by atomic mass is 9.79. The SMILES string of the molecule is C[N+]1=C(c2ccc(F)cc2)C(C)(C)c2ccccc21. The van der Waals surface area contributed by atoms with Crippen LogP contribution in [0.3, 0.4) is 0 Å². The van der Waals surface area contributed by atoms with Gasteiger partial charge in [-0.15, -0.1) is 0 Å². The maximum atomic E-state index is 13.1. The van der Waals surface area contributed by atoms with Crippen LogP contribution in [0.5, 0.6) is 0 Å². The Morgan fingerprint density at radius 1 is 0.947 bits per heavy atom. The van der Waals surface area contributed by atoms with Gasteiger partial charge >= 0.3 is 0 Å². The smallest absolute Gasteiger partial charge is 0.207 e. The minimum absolute atomic E-state index is 0.0663. The molecule has 0 spiro atoms. The first kappa shape index (κ1) is 12.1. The van der Waals surface area contributed by atoms with E-state index in [2.05, 4.69) is 49.7 Å². The van der Waals surface area contributed by atoms with Crippen molar-refractivity contribution in [1.82, 2.24) is 0 Å². The molecule has 1 heterocycles. The van der Waals surface area contributed by atoms with E-state index < -0.39 is 0 Å². The average Bonchev–Trinajstić information content (AvgIpc) is 2.60. The molecule has 2 aromatic carbocycles. The minimum atomic E-state index is -0.194. The van der Waals surface area contributed by atoms with E-state index in [4.69, 9.17) is 0 Å². The first-order valence-electron chi connectivity index (χ1n) is 6.48. The summed E-state index contributed by atoms with van der Waals surface area (Å²) in [5.41, 5.74) is 4.77. The van der Waals surface area contributed by atoms with Crippen LogP contribution < -0.4 is 0 Å². The van der Waals surface area contributed by atoms with Gasteiger partial charge in [-0.3, -0.25) is 0 Å². The van der Waals surface area contributed by atoms with Gasteiger partial charge in [-0.05, 0) is 38.1 Å². The molecule has 19 heavy (non-hydrogen) atoms. The highest BCUT2D eigenvalue weighted by Gasteiger charge is 2.44. The Morgan fingerprint density at radius 3 is 2.21 bits per heavy atom. The fraction of sp³-hybridized carbons (Fsp3) is 0.235. The minimum Gasteiger partial charge on any atom is -0.207 e. The predicted molar refractivity (Wildman–Crippen MR) is 75.8 cm³/mol. The van der Waals surface area contributed by atoms with Crippen molar-refractivity contribution in [3.63, 3.8) is 0 Å². The van der Waals surface area contributed by atoms with E-state index in [0.29, 0.717) is 0 Å². The number of para-hydroxylation sites is 1. The zero-order chi connectivity index (χ0) is 13.6. The molecule has 0 saturated heterocycles. The number of fused-ring (bicyclic) bond motifs is 1. The van der Waals surface area contributed by atoms with Crippen LogP contribution in [0.1, 0.15) is 25.0 Å². The van der Waals surface area contributed by atoms with Gasteiger partial charge in [-0.2, -0.15) is 4.58 Å². The molecule has 2 aromatic rings. The van der Waals surface area contributed by atoms with Crippen molar-refractivity contribution in [2.24, 2.45) is 0 Å². The molecule has 0 N–H and O–H groups in total.